The lowest BCUT2D eigenvalue weighted by molar-refractivity contribution is 0.341. The molecule has 2 rings (SSSR count). The second kappa shape index (κ2) is 4.87. The van der Waals surface area contributed by atoms with E-state index in [0.717, 1.165) is 0 Å². The molecule has 6 heteroatoms. The molecule has 0 saturated carbocycles. The van der Waals surface area contributed by atoms with Crippen LogP contribution < -0.4 is 19.9 Å². The Labute approximate surface area is 105 Å². The maximum Gasteiger partial charge on any atom is 0.261 e. The SMILES string of the molecule is COc1cccc(OC)c1Oc1nn(C)cc1N. The number of hydrogen-bond donors (Lipinski definition) is 1. The molecule has 0 aliphatic heterocycles. The number of anilines is 1. The van der Waals surface area contributed by atoms with Gasteiger partial charge in [-0.3, -0.25) is 4.68 Å². The van der Waals surface area contributed by atoms with Crippen molar-refractivity contribution < 1.29 is 14.2 Å². The van der Waals surface area contributed by atoms with Crippen LogP contribution in [0.2, 0.25) is 0 Å². The first-order valence-electron chi connectivity index (χ1n) is 5.33. The molecule has 1 aromatic carbocycles. The summed E-state index contributed by atoms with van der Waals surface area (Å²) in [4.78, 5) is 0. The van der Waals surface area contributed by atoms with Crippen LogP contribution in [0.25, 0.3) is 0 Å². The minimum atomic E-state index is 0.320. The van der Waals surface area contributed by atoms with Gasteiger partial charge < -0.3 is 19.9 Å². The van der Waals surface area contributed by atoms with Gasteiger partial charge in [0.05, 0.1) is 20.4 Å². The molecule has 0 amide bonds. The quantitative estimate of drug-likeness (QED) is 0.894. The van der Waals surface area contributed by atoms with Gasteiger partial charge in [0.2, 0.25) is 5.75 Å². The van der Waals surface area contributed by atoms with Crippen LogP contribution in [0, 0.1) is 0 Å². The predicted octanol–water partition coefficient (Wildman–Crippen LogP) is 1.81. The van der Waals surface area contributed by atoms with Crippen LogP contribution in [0.4, 0.5) is 5.69 Å². The van der Waals surface area contributed by atoms with E-state index in [4.69, 9.17) is 19.9 Å². The molecular formula is C12H15N3O3. The number of benzene rings is 1. The van der Waals surface area contributed by atoms with Gasteiger partial charge in [0, 0.05) is 7.05 Å². The molecule has 6 nitrogen and oxygen atoms in total. The molecule has 1 heterocycles. The largest absolute Gasteiger partial charge is 0.493 e. The highest BCUT2D eigenvalue weighted by Crippen LogP contribution is 2.40. The van der Waals surface area contributed by atoms with E-state index in [1.807, 2.05) is 6.07 Å². The fourth-order valence-corrected chi connectivity index (χ4v) is 1.58. The van der Waals surface area contributed by atoms with Crippen molar-refractivity contribution in [2.75, 3.05) is 20.0 Å². The molecule has 0 aliphatic rings. The molecule has 0 radical (unpaired) electrons. The third kappa shape index (κ3) is 2.17. The fraction of sp³-hybridized carbons (Fsp3) is 0.250. The third-order valence-electron chi connectivity index (χ3n) is 2.40. The van der Waals surface area contributed by atoms with E-state index in [1.54, 1.807) is 44.3 Å². The van der Waals surface area contributed by atoms with E-state index in [0.29, 0.717) is 28.8 Å². The molecule has 0 saturated heterocycles. The highest BCUT2D eigenvalue weighted by Gasteiger charge is 2.15. The highest BCUT2D eigenvalue weighted by atomic mass is 16.5. The summed E-state index contributed by atoms with van der Waals surface area (Å²) in [5.41, 5.74) is 6.23. The van der Waals surface area contributed by atoms with Crippen molar-refractivity contribution in [1.29, 1.82) is 0 Å². The number of aromatic nitrogens is 2. The van der Waals surface area contributed by atoms with Gasteiger partial charge in [-0.15, -0.1) is 5.10 Å². The van der Waals surface area contributed by atoms with Gasteiger partial charge in [0.1, 0.15) is 5.69 Å². The summed E-state index contributed by atoms with van der Waals surface area (Å²) >= 11 is 0. The van der Waals surface area contributed by atoms with Crippen LogP contribution in [0.15, 0.2) is 24.4 Å². The summed E-state index contributed by atoms with van der Waals surface area (Å²) < 4.78 is 17.7. The van der Waals surface area contributed by atoms with E-state index in [2.05, 4.69) is 5.10 Å². The Morgan fingerprint density at radius 3 is 2.22 bits per heavy atom. The smallest absolute Gasteiger partial charge is 0.261 e. The maximum absolute atomic E-state index is 5.78. The van der Waals surface area contributed by atoms with Crippen molar-refractivity contribution in [2.45, 2.75) is 0 Å². The first-order chi connectivity index (χ1) is 8.65. The molecule has 0 bridgehead atoms. The number of nitrogen functional groups attached to an aromatic ring is 1. The topological polar surface area (TPSA) is 71.5 Å². The molecule has 0 spiro atoms. The van der Waals surface area contributed by atoms with Crippen LogP contribution in [0.3, 0.4) is 0 Å². The molecular weight excluding hydrogens is 234 g/mol. The van der Waals surface area contributed by atoms with Gasteiger partial charge in [-0.05, 0) is 12.1 Å². The second-order valence-electron chi connectivity index (χ2n) is 3.66. The van der Waals surface area contributed by atoms with E-state index < -0.39 is 0 Å². The monoisotopic (exact) mass is 249 g/mol. The van der Waals surface area contributed by atoms with Crippen molar-refractivity contribution in [3.63, 3.8) is 0 Å². The summed E-state index contributed by atoms with van der Waals surface area (Å²) in [5.74, 6) is 1.88. The fourth-order valence-electron chi connectivity index (χ4n) is 1.58. The van der Waals surface area contributed by atoms with Crippen LogP contribution in [0.5, 0.6) is 23.1 Å². The second-order valence-corrected chi connectivity index (χ2v) is 3.66. The van der Waals surface area contributed by atoms with Crippen molar-refractivity contribution in [2.24, 2.45) is 7.05 Å². The molecule has 18 heavy (non-hydrogen) atoms. The molecule has 2 aromatic rings. The van der Waals surface area contributed by atoms with Gasteiger partial charge >= 0.3 is 0 Å². The standard InChI is InChI=1S/C12H15N3O3/c1-15-7-8(13)12(14-15)18-11-9(16-2)5-4-6-10(11)17-3/h4-7H,13H2,1-3H3. The Bertz CT molecular complexity index is 529. The Morgan fingerprint density at radius 2 is 1.78 bits per heavy atom. The number of methoxy groups -OCH3 is 2. The van der Waals surface area contributed by atoms with Crippen molar-refractivity contribution >= 4 is 5.69 Å². The first-order valence-corrected chi connectivity index (χ1v) is 5.33. The number of hydrogen-bond acceptors (Lipinski definition) is 5. The number of rotatable bonds is 4. The molecule has 1 aromatic heterocycles. The zero-order valence-electron chi connectivity index (χ0n) is 10.5. The number of aryl methyl sites for hydroxylation is 1. The Hall–Kier alpha value is -2.37. The Balaban J connectivity index is 2.41. The molecule has 0 fully saturated rings. The third-order valence-corrected chi connectivity index (χ3v) is 2.40. The van der Waals surface area contributed by atoms with E-state index in [1.165, 1.54) is 0 Å². The Kier molecular flexibility index (Phi) is 3.27. The molecule has 96 valence electrons. The Morgan fingerprint density at radius 1 is 1.17 bits per heavy atom. The summed E-state index contributed by atoms with van der Waals surface area (Å²) in [6.45, 7) is 0. The lowest BCUT2D eigenvalue weighted by atomic mass is 10.3. The van der Waals surface area contributed by atoms with E-state index >= 15 is 0 Å². The van der Waals surface area contributed by atoms with Crippen molar-refractivity contribution in [1.82, 2.24) is 9.78 Å². The zero-order valence-corrected chi connectivity index (χ0v) is 10.5. The normalized spacial score (nSPS) is 10.2. The molecule has 0 aliphatic carbocycles. The average molecular weight is 249 g/mol. The molecule has 2 N–H and O–H groups in total. The zero-order chi connectivity index (χ0) is 13.1. The van der Waals surface area contributed by atoms with Gasteiger partial charge in [0.25, 0.3) is 5.88 Å². The lowest BCUT2D eigenvalue weighted by Gasteiger charge is -2.12. The summed E-state index contributed by atoms with van der Waals surface area (Å²) in [6.07, 6.45) is 1.66. The van der Waals surface area contributed by atoms with Crippen LogP contribution in [0.1, 0.15) is 0 Å². The predicted molar refractivity (Wildman–Crippen MR) is 67.2 cm³/mol. The van der Waals surface area contributed by atoms with Crippen LogP contribution in [-0.2, 0) is 7.05 Å². The van der Waals surface area contributed by atoms with Gasteiger partial charge in [-0.25, -0.2) is 0 Å². The van der Waals surface area contributed by atoms with Crippen molar-refractivity contribution in [3.05, 3.63) is 24.4 Å². The molecule has 0 unspecified atom stereocenters. The summed E-state index contributed by atoms with van der Waals surface area (Å²) in [7, 11) is 4.88. The summed E-state index contributed by atoms with van der Waals surface area (Å²) in [5, 5.41) is 4.11. The number of nitrogens with two attached hydrogens (primary N) is 1. The first kappa shape index (κ1) is 12.1. The number of ether oxygens (including phenoxy) is 3. The van der Waals surface area contributed by atoms with Gasteiger partial charge in [-0.2, -0.15) is 0 Å². The summed E-state index contributed by atoms with van der Waals surface area (Å²) in [6, 6.07) is 5.36. The highest BCUT2D eigenvalue weighted by molar-refractivity contribution is 5.55. The number of para-hydroxylation sites is 1. The van der Waals surface area contributed by atoms with E-state index in [9.17, 15) is 0 Å². The number of nitrogens with zero attached hydrogens (tertiary/aromatic N) is 2. The minimum absolute atomic E-state index is 0.320. The van der Waals surface area contributed by atoms with Crippen LogP contribution >= 0.6 is 0 Å². The average Bonchev–Trinajstić information content (AvgIpc) is 2.68. The van der Waals surface area contributed by atoms with E-state index in [-0.39, 0.29) is 0 Å². The van der Waals surface area contributed by atoms with Crippen molar-refractivity contribution in [3.8, 4) is 23.1 Å². The molecule has 0 atom stereocenters. The van der Waals surface area contributed by atoms with Crippen LogP contribution in [-0.4, -0.2) is 24.0 Å². The van der Waals surface area contributed by atoms with Gasteiger partial charge in [0.15, 0.2) is 11.5 Å². The lowest BCUT2D eigenvalue weighted by Crippen LogP contribution is -1.96. The minimum Gasteiger partial charge on any atom is -0.493 e. The van der Waals surface area contributed by atoms with Gasteiger partial charge in [-0.1, -0.05) is 6.07 Å². The maximum atomic E-state index is 5.78.